The number of carbonyl (C=O) groups excluding carboxylic acids is 1. The monoisotopic (exact) mass is 432 g/mol. The average Bonchev–Trinajstić information content (AvgIpc) is 2.92. The Morgan fingerprint density at radius 1 is 1.37 bits per heavy atom. The van der Waals surface area contributed by atoms with Crippen molar-refractivity contribution in [3.05, 3.63) is 57.3 Å². The maximum atomic E-state index is 11.0. The smallest absolute Gasteiger partial charge is 0.267 e. The van der Waals surface area contributed by atoms with Crippen molar-refractivity contribution in [2.75, 3.05) is 0 Å². The van der Waals surface area contributed by atoms with Gasteiger partial charge in [-0.2, -0.15) is 5.10 Å². The predicted octanol–water partition coefficient (Wildman–Crippen LogP) is 4.38. The van der Waals surface area contributed by atoms with Crippen molar-refractivity contribution >= 4 is 33.6 Å². The summed E-state index contributed by atoms with van der Waals surface area (Å²) in [6.07, 6.45) is 4.39. The van der Waals surface area contributed by atoms with Crippen LogP contribution in [-0.2, 0) is 11.3 Å². The zero-order valence-corrected chi connectivity index (χ0v) is 17.4. The van der Waals surface area contributed by atoms with Crippen molar-refractivity contribution in [2.45, 2.75) is 46.1 Å². The van der Waals surface area contributed by atoms with E-state index in [1.54, 1.807) is 11.6 Å². The molecule has 1 amide bonds. The van der Waals surface area contributed by atoms with Gasteiger partial charge in [0.15, 0.2) is 0 Å². The molecule has 3 N–H and O–H groups in total. The van der Waals surface area contributed by atoms with Gasteiger partial charge in [0.1, 0.15) is 0 Å². The number of hydrogen-bond donors (Lipinski definition) is 3. The van der Waals surface area contributed by atoms with Gasteiger partial charge in [-0.3, -0.25) is 14.7 Å². The van der Waals surface area contributed by atoms with Gasteiger partial charge >= 0.3 is 0 Å². The lowest BCUT2D eigenvalue weighted by molar-refractivity contribution is -0.124. The summed E-state index contributed by atoms with van der Waals surface area (Å²) >= 11 is 3.54. The number of hydroxylamine groups is 1. The molecule has 1 aromatic carbocycles. The molecule has 6 nitrogen and oxygen atoms in total. The topological polar surface area (TPSA) is 91.0 Å². The van der Waals surface area contributed by atoms with E-state index >= 15 is 0 Å². The lowest BCUT2D eigenvalue weighted by Gasteiger charge is -2.17. The highest BCUT2D eigenvalue weighted by atomic mass is 79.9. The summed E-state index contributed by atoms with van der Waals surface area (Å²) in [6.45, 7) is 6.76. The number of halogens is 1. The van der Waals surface area contributed by atoms with E-state index in [-0.39, 0.29) is 5.92 Å². The summed E-state index contributed by atoms with van der Waals surface area (Å²) in [5.41, 5.74) is 6.23. The van der Waals surface area contributed by atoms with Gasteiger partial charge in [-0.1, -0.05) is 31.2 Å². The molecule has 0 unspecified atom stereocenters. The summed E-state index contributed by atoms with van der Waals surface area (Å²) in [5, 5.41) is 21.5. The van der Waals surface area contributed by atoms with Gasteiger partial charge < -0.3 is 5.41 Å². The number of carbonyl (C=O) groups is 1. The first-order chi connectivity index (χ1) is 12.9. The van der Waals surface area contributed by atoms with Gasteiger partial charge in [-0.15, -0.1) is 0 Å². The van der Waals surface area contributed by atoms with Crippen LogP contribution in [0.1, 0.15) is 48.2 Å². The van der Waals surface area contributed by atoms with Gasteiger partial charge in [-0.25, -0.2) is 5.48 Å². The zero-order chi connectivity index (χ0) is 20.0. The average molecular weight is 433 g/mol. The van der Waals surface area contributed by atoms with E-state index in [1.165, 1.54) is 6.08 Å². The Morgan fingerprint density at radius 3 is 2.56 bits per heavy atom. The van der Waals surface area contributed by atoms with Crippen molar-refractivity contribution in [1.82, 2.24) is 15.3 Å². The fourth-order valence-electron chi connectivity index (χ4n) is 3.03. The molecule has 1 aromatic heterocycles. The van der Waals surface area contributed by atoms with Crippen molar-refractivity contribution in [3.8, 4) is 0 Å². The van der Waals surface area contributed by atoms with Crippen molar-refractivity contribution in [3.63, 3.8) is 0 Å². The molecule has 0 aliphatic heterocycles. The second-order valence-corrected chi connectivity index (χ2v) is 7.21. The third-order valence-corrected chi connectivity index (χ3v) is 5.74. The molecule has 27 heavy (non-hydrogen) atoms. The molecule has 0 fully saturated rings. The van der Waals surface area contributed by atoms with E-state index in [9.17, 15) is 4.79 Å². The van der Waals surface area contributed by atoms with Crippen molar-refractivity contribution in [1.29, 1.82) is 5.41 Å². The minimum Gasteiger partial charge on any atom is -0.309 e. The Labute approximate surface area is 167 Å². The maximum Gasteiger partial charge on any atom is 0.267 e. The van der Waals surface area contributed by atoms with Gasteiger partial charge in [0.05, 0.1) is 10.2 Å². The Balaban J connectivity index is 2.04. The number of rotatable bonds is 8. The number of hydrogen-bond acceptors (Lipinski definition) is 4. The summed E-state index contributed by atoms with van der Waals surface area (Å²) < 4.78 is 2.97. The lowest BCUT2D eigenvalue weighted by Crippen LogP contribution is -2.15. The summed E-state index contributed by atoms with van der Waals surface area (Å²) in [4.78, 5) is 11.0. The Morgan fingerprint density at radius 2 is 2.04 bits per heavy atom. The number of amides is 1. The molecule has 1 heterocycles. The maximum absolute atomic E-state index is 11.0. The third-order valence-electron chi connectivity index (χ3n) is 4.59. The van der Waals surface area contributed by atoms with Gasteiger partial charge in [0, 0.05) is 36.4 Å². The van der Waals surface area contributed by atoms with Gasteiger partial charge in [-0.05, 0) is 53.4 Å². The highest BCUT2D eigenvalue weighted by molar-refractivity contribution is 9.10. The quantitative estimate of drug-likeness (QED) is 0.250. The third kappa shape index (κ3) is 5.37. The number of nitrogens with zero attached hydrogens (tertiary/aromatic N) is 2. The molecule has 0 spiro atoms. The SMILES string of the molecule is CC[C@H](C(=N)CCn1nc(C)c(Br)c1C)c1ccc(/C=C/C(=O)NO)cc1. The van der Waals surface area contributed by atoms with Crippen LogP contribution in [0.15, 0.2) is 34.8 Å². The molecule has 1 atom stereocenters. The minimum absolute atomic E-state index is 0.0594. The molecule has 144 valence electrons. The Hall–Kier alpha value is -2.25. The van der Waals surface area contributed by atoms with E-state index in [4.69, 9.17) is 10.6 Å². The summed E-state index contributed by atoms with van der Waals surface area (Å²) in [6, 6.07) is 7.79. The van der Waals surface area contributed by atoms with Crippen LogP contribution in [0.5, 0.6) is 0 Å². The molecular formula is C20H25BrN4O2. The largest absolute Gasteiger partial charge is 0.309 e. The highest BCUT2D eigenvalue weighted by Crippen LogP contribution is 2.24. The summed E-state index contributed by atoms with van der Waals surface area (Å²) in [7, 11) is 0. The number of aryl methyl sites for hydroxylation is 2. The first-order valence-corrected chi connectivity index (χ1v) is 9.65. The van der Waals surface area contributed by atoms with E-state index in [2.05, 4.69) is 28.0 Å². The Bertz CT molecular complexity index is 840. The Kier molecular flexibility index (Phi) is 7.50. The second-order valence-electron chi connectivity index (χ2n) is 6.42. The number of nitrogens with one attached hydrogen (secondary N) is 2. The standard InChI is InChI=1S/C20H25BrN4O2/c1-4-17(16-8-5-15(6-9-16)7-10-19(26)24-27)18(22)11-12-25-14(3)20(21)13(2)23-25/h5-10,17,22,27H,4,11-12H2,1-3H3,(H,24,26)/b10-7+,22-18?/t17-/m0/s1. The van der Waals surface area contributed by atoms with Crippen LogP contribution in [0.3, 0.4) is 0 Å². The van der Waals surface area contributed by atoms with Crippen LogP contribution in [-0.4, -0.2) is 26.6 Å². The highest BCUT2D eigenvalue weighted by Gasteiger charge is 2.16. The van der Waals surface area contributed by atoms with E-state index in [1.807, 2.05) is 42.8 Å². The van der Waals surface area contributed by atoms with Crippen LogP contribution < -0.4 is 5.48 Å². The second kappa shape index (κ2) is 9.62. The molecule has 2 aromatic rings. The first kappa shape index (κ1) is 21.1. The minimum atomic E-state index is -0.567. The molecule has 0 aliphatic carbocycles. The molecule has 7 heteroatoms. The molecule has 0 aliphatic rings. The van der Waals surface area contributed by atoms with Crippen LogP contribution in [0.2, 0.25) is 0 Å². The van der Waals surface area contributed by atoms with Crippen LogP contribution >= 0.6 is 15.9 Å². The van der Waals surface area contributed by atoms with Gasteiger partial charge in [0.25, 0.3) is 5.91 Å². The molecule has 0 bridgehead atoms. The lowest BCUT2D eigenvalue weighted by atomic mass is 9.89. The predicted molar refractivity (Wildman–Crippen MR) is 110 cm³/mol. The van der Waals surface area contributed by atoms with E-state index < -0.39 is 5.91 Å². The van der Waals surface area contributed by atoms with Crippen LogP contribution in [0.25, 0.3) is 6.08 Å². The number of aromatic nitrogens is 2. The van der Waals surface area contributed by atoms with Crippen LogP contribution in [0.4, 0.5) is 0 Å². The first-order valence-electron chi connectivity index (χ1n) is 8.86. The molecule has 2 rings (SSSR count). The normalized spacial score (nSPS) is 12.3. The molecule has 0 saturated carbocycles. The molecule has 0 radical (unpaired) electrons. The van der Waals surface area contributed by atoms with E-state index in [0.29, 0.717) is 18.7 Å². The molecule has 0 saturated heterocycles. The summed E-state index contributed by atoms with van der Waals surface area (Å²) in [5.74, 6) is -0.507. The van der Waals surface area contributed by atoms with Gasteiger partial charge in [0.2, 0.25) is 0 Å². The van der Waals surface area contributed by atoms with Crippen molar-refractivity contribution < 1.29 is 10.0 Å². The fraction of sp³-hybridized carbons (Fsp3) is 0.350. The fourth-order valence-corrected chi connectivity index (χ4v) is 3.31. The van der Waals surface area contributed by atoms with Crippen molar-refractivity contribution in [2.24, 2.45) is 0 Å². The van der Waals surface area contributed by atoms with Crippen LogP contribution in [0, 0.1) is 19.3 Å². The molecular weight excluding hydrogens is 408 g/mol. The van der Waals surface area contributed by atoms with E-state index in [0.717, 1.165) is 33.4 Å². The number of benzene rings is 1. The zero-order valence-electron chi connectivity index (χ0n) is 15.8.